The summed E-state index contributed by atoms with van der Waals surface area (Å²) in [5, 5.41) is 21.1. The predicted molar refractivity (Wildman–Crippen MR) is 101 cm³/mol. The van der Waals surface area contributed by atoms with Gasteiger partial charge < -0.3 is 14.6 Å². The molecule has 2 N–H and O–H groups in total. The highest BCUT2D eigenvalue weighted by molar-refractivity contribution is 6.99. The first-order valence-corrected chi connectivity index (χ1v) is 10.4. The minimum Gasteiger partial charge on any atom is -0.407 e. The maximum Gasteiger partial charge on any atom is 0.261 e. The van der Waals surface area contributed by atoms with Crippen LogP contribution in [-0.2, 0) is 4.43 Å². The maximum atomic E-state index is 9.68. The molecule has 3 nitrogen and oxygen atoms in total. The second-order valence-corrected chi connectivity index (χ2v) is 11.4. The van der Waals surface area contributed by atoms with Crippen molar-refractivity contribution in [2.24, 2.45) is 0 Å². The van der Waals surface area contributed by atoms with Gasteiger partial charge in [-0.1, -0.05) is 81.4 Å². The molecule has 0 saturated carbocycles. The fourth-order valence-electron chi connectivity index (χ4n) is 3.20. The summed E-state index contributed by atoms with van der Waals surface area (Å²) in [6.07, 6.45) is -0.302. The number of aliphatic hydroxyl groups excluding tert-OH is 2. The van der Waals surface area contributed by atoms with Crippen LogP contribution in [0.4, 0.5) is 0 Å². The van der Waals surface area contributed by atoms with E-state index in [1.807, 2.05) is 12.1 Å². The summed E-state index contributed by atoms with van der Waals surface area (Å²) in [5.74, 6) is 0. The third kappa shape index (κ3) is 3.95. The van der Waals surface area contributed by atoms with Gasteiger partial charge in [-0.25, -0.2) is 0 Å². The van der Waals surface area contributed by atoms with Crippen molar-refractivity contribution in [1.82, 2.24) is 0 Å². The number of hydrogen-bond donors (Lipinski definition) is 2. The zero-order valence-electron chi connectivity index (χ0n) is 14.8. The Morgan fingerprint density at radius 2 is 1.38 bits per heavy atom. The molecule has 0 aliphatic heterocycles. The molecule has 130 valence electrons. The summed E-state index contributed by atoms with van der Waals surface area (Å²) >= 11 is 0. The highest BCUT2D eigenvalue weighted by atomic mass is 28.4. The van der Waals surface area contributed by atoms with Gasteiger partial charge >= 0.3 is 0 Å². The van der Waals surface area contributed by atoms with E-state index in [0.717, 1.165) is 0 Å². The Morgan fingerprint density at radius 1 is 0.917 bits per heavy atom. The van der Waals surface area contributed by atoms with Crippen molar-refractivity contribution in [3.63, 3.8) is 0 Å². The smallest absolute Gasteiger partial charge is 0.261 e. The molecule has 0 radical (unpaired) electrons. The van der Waals surface area contributed by atoms with E-state index in [4.69, 9.17) is 9.53 Å². The van der Waals surface area contributed by atoms with E-state index in [9.17, 15) is 5.11 Å². The molecule has 0 aliphatic carbocycles. The van der Waals surface area contributed by atoms with Crippen LogP contribution < -0.4 is 10.4 Å². The molecule has 2 aromatic rings. The van der Waals surface area contributed by atoms with Crippen molar-refractivity contribution in [2.75, 3.05) is 13.2 Å². The number of hydrogen-bond acceptors (Lipinski definition) is 3. The fraction of sp³-hybridized carbons (Fsp3) is 0.400. The van der Waals surface area contributed by atoms with Gasteiger partial charge in [-0.05, 0) is 21.8 Å². The summed E-state index contributed by atoms with van der Waals surface area (Å²) < 4.78 is 6.61. The van der Waals surface area contributed by atoms with Gasteiger partial charge in [0, 0.05) is 6.61 Å². The summed E-state index contributed by atoms with van der Waals surface area (Å²) in [6.45, 7) is 6.87. The molecule has 4 heteroatoms. The molecule has 0 spiro atoms. The van der Waals surface area contributed by atoms with Gasteiger partial charge in [0.2, 0.25) is 0 Å². The first-order valence-electron chi connectivity index (χ1n) is 8.46. The van der Waals surface area contributed by atoms with Crippen molar-refractivity contribution in [1.29, 1.82) is 0 Å². The molecule has 1 atom stereocenters. The Hall–Kier alpha value is -1.46. The first-order chi connectivity index (χ1) is 11.4. The zero-order valence-corrected chi connectivity index (χ0v) is 15.8. The molecule has 2 aromatic carbocycles. The highest BCUT2D eigenvalue weighted by Crippen LogP contribution is 2.36. The van der Waals surface area contributed by atoms with Crippen molar-refractivity contribution >= 4 is 18.7 Å². The Bertz CT molecular complexity index is 568. The first kappa shape index (κ1) is 18.9. The van der Waals surface area contributed by atoms with Gasteiger partial charge in [-0.2, -0.15) is 0 Å². The molecule has 0 heterocycles. The monoisotopic (exact) mass is 344 g/mol. The summed E-state index contributed by atoms with van der Waals surface area (Å²) in [4.78, 5) is 0. The van der Waals surface area contributed by atoms with Crippen LogP contribution in [-0.4, -0.2) is 37.8 Å². The third-order valence-corrected chi connectivity index (χ3v) is 9.44. The van der Waals surface area contributed by atoms with E-state index in [0.29, 0.717) is 13.0 Å². The van der Waals surface area contributed by atoms with Crippen molar-refractivity contribution in [3.05, 3.63) is 60.7 Å². The molecule has 0 aromatic heterocycles. The lowest BCUT2D eigenvalue weighted by molar-refractivity contribution is 0.0741. The van der Waals surface area contributed by atoms with Gasteiger partial charge in [-0.15, -0.1) is 0 Å². The Morgan fingerprint density at radius 3 is 1.75 bits per heavy atom. The van der Waals surface area contributed by atoms with Gasteiger partial charge in [0.25, 0.3) is 8.32 Å². The standard InChI is InChI=1S/C20H28O3Si/c1-20(2,3)24(18-10-6-4-7-11-18,19-12-8-5-9-13-19)23-15-14-17(22)16-21/h4-13,17,21-22H,14-16H2,1-3H3/t17-/m0/s1. The topological polar surface area (TPSA) is 49.7 Å². The number of aliphatic hydroxyl groups is 2. The molecular weight excluding hydrogens is 316 g/mol. The summed E-state index contributed by atoms with van der Waals surface area (Å²) in [5.41, 5.74) is 0. The van der Waals surface area contributed by atoms with Gasteiger partial charge in [0.1, 0.15) is 0 Å². The Labute approximate surface area is 146 Å². The molecular formula is C20H28O3Si. The summed E-state index contributed by atoms with van der Waals surface area (Å²) in [7, 11) is -2.52. The molecule has 0 bridgehead atoms. The van der Waals surface area contributed by atoms with Crippen molar-refractivity contribution in [3.8, 4) is 0 Å². The van der Waals surface area contributed by atoms with Crippen molar-refractivity contribution in [2.45, 2.75) is 38.3 Å². The van der Waals surface area contributed by atoms with Crippen LogP contribution in [0.1, 0.15) is 27.2 Å². The minimum atomic E-state index is -2.52. The average Bonchev–Trinajstić information content (AvgIpc) is 2.59. The molecule has 2 rings (SSSR count). The quantitative estimate of drug-likeness (QED) is 0.758. The van der Waals surface area contributed by atoms with Gasteiger partial charge in [0.05, 0.1) is 12.7 Å². The maximum absolute atomic E-state index is 9.68. The van der Waals surface area contributed by atoms with Crippen LogP contribution in [0, 0.1) is 0 Å². The highest BCUT2D eigenvalue weighted by Gasteiger charge is 2.49. The van der Waals surface area contributed by atoms with E-state index < -0.39 is 14.4 Å². The van der Waals surface area contributed by atoms with E-state index in [1.54, 1.807) is 0 Å². The number of rotatable bonds is 7. The van der Waals surface area contributed by atoms with Gasteiger partial charge in [0.15, 0.2) is 0 Å². The van der Waals surface area contributed by atoms with Crippen LogP contribution >= 0.6 is 0 Å². The van der Waals surface area contributed by atoms with E-state index in [2.05, 4.69) is 69.3 Å². The molecule has 0 amide bonds. The zero-order chi connectivity index (χ0) is 17.6. The Kier molecular flexibility index (Phi) is 6.35. The number of benzene rings is 2. The van der Waals surface area contributed by atoms with Crippen LogP contribution in [0.25, 0.3) is 0 Å². The van der Waals surface area contributed by atoms with E-state index >= 15 is 0 Å². The lowest BCUT2D eigenvalue weighted by Gasteiger charge is -2.43. The molecule has 0 fully saturated rings. The minimum absolute atomic E-state index is 0.0696. The van der Waals surface area contributed by atoms with E-state index in [-0.39, 0.29) is 11.6 Å². The second kappa shape index (κ2) is 8.08. The lowest BCUT2D eigenvalue weighted by atomic mass is 10.2. The molecule has 0 aliphatic rings. The second-order valence-electron chi connectivity index (χ2n) is 7.14. The van der Waals surface area contributed by atoms with Crippen LogP contribution in [0.3, 0.4) is 0 Å². The van der Waals surface area contributed by atoms with Crippen molar-refractivity contribution < 1.29 is 14.6 Å². The van der Waals surface area contributed by atoms with Crippen LogP contribution in [0.15, 0.2) is 60.7 Å². The molecule has 24 heavy (non-hydrogen) atoms. The fourth-order valence-corrected chi connectivity index (χ4v) is 7.78. The van der Waals surface area contributed by atoms with Crippen LogP contribution in [0.2, 0.25) is 5.04 Å². The summed E-state index contributed by atoms with van der Waals surface area (Å²) in [6, 6.07) is 20.8. The normalized spacial score (nSPS) is 13.7. The largest absolute Gasteiger partial charge is 0.407 e. The van der Waals surface area contributed by atoms with Crippen LogP contribution in [0.5, 0.6) is 0 Å². The van der Waals surface area contributed by atoms with Gasteiger partial charge in [-0.3, -0.25) is 0 Å². The SMILES string of the molecule is CC(C)(C)[Si](OCC[C@H](O)CO)(c1ccccc1)c1ccccc1. The predicted octanol–water partition coefficient (Wildman–Crippen LogP) is 2.31. The van der Waals surface area contributed by atoms with E-state index in [1.165, 1.54) is 10.4 Å². The Balaban J connectivity index is 2.49. The third-order valence-electron chi connectivity index (χ3n) is 4.40. The molecule has 0 saturated heterocycles. The molecule has 0 unspecified atom stereocenters. The lowest BCUT2D eigenvalue weighted by Crippen LogP contribution is -2.66. The average molecular weight is 345 g/mol.